The number of halogens is 2. The summed E-state index contributed by atoms with van der Waals surface area (Å²) in [5, 5.41) is 2.79. The first-order valence-corrected chi connectivity index (χ1v) is 14.5. The van der Waals surface area contributed by atoms with Gasteiger partial charge in [0.15, 0.2) is 6.61 Å². The molecule has 0 aliphatic rings. The molecule has 1 atom stereocenters. The molecule has 0 bridgehead atoms. The average Bonchev–Trinajstić information content (AvgIpc) is 2.96. The number of hydrogen-bond acceptors (Lipinski definition) is 6. The van der Waals surface area contributed by atoms with E-state index >= 15 is 0 Å². The first kappa shape index (κ1) is 31.5. The fourth-order valence-corrected chi connectivity index (χ4v) is 4.78. The molecule has 0 radical (unpaired) electrons. The normalized spacial score (nSPS) is 11.9. The molecule has 3 rings (SSSR count). The first-order valence-electron chi connectivity index (χ1n) is 13.0. The van der Waals surface area contributed by atoms with Crippen molar-refractivity contribution in [3.8, 4) is 5.75 Å². The van der Waals surface area contributed by atoms with Crippen LogP contribution in [0.5, 0.6) is 5.75 Å². The maximum absolute atomic E-state index is 13.4. The molecule has 9 nitrogen and oxygen atoms in total. The van der Waals surface area contributed by atoms with Crippen LogP contribution in [0, 0.1) is 11.6 Å². The molecule has 0 aromatic heterocycles. The second kappa shape index (κ2) is 15.1. The SMILES string of the molecule is CCOCCCNC(=O)[C@H](C)N(Cc1ccc(F)cc1)C(=O)COc1ccc(S(=O)(=O)Nc2ccc(F)cc2)cc1. The lowest BCUT2D eigenvalue weighted by Gasteiger charge is -2.28. The summed E-state index contributed by atoms with van der Waals surface area (Å²) in [5.74, 6) is -1.55. The molecular formula is C29H33F2N3O6S. The number of anilines is 1. The van der Waals surface area contributed by atoms with Crippen LogP contribution in [-0.2, 0) is 30.9 Å². The number of amides is 2. The Morgan fingerprint density at radius 2 is 1.54 bits per heavy atom. The van der Waals surface area contributed by atoms with Crippen molar-refractivity contribution in [1.29, 1.82) is 0 Å². The lowest BCUT2D eigenvalue weighted by Crippen LogP contribution is -2.49. The summed E-state index contributed by atoms with van der Waals surface area (Å²) in [4.78, 5) is 27.3. The van der Waals surface area contributed by atoms with Gasteiger partial charge in [-0.25, -0.2) is 17.2 Å². The van der Waals surface area contributed by atoms with E-state index in [2.05, 4.69) is 10.0 Å². The van der Waals surface area contributed by atoms with E-state index in [9.17, 15) is 26.8 Å². The summed E-state index contributed by atoms with van der Waals surface area (Å²) in [7, 11) is -3.94. The third kappa shape index (κ3) is 9.83. The third-order valence-corrected chi connectivity index (χ3v) is 7.39. The summed E-state index contributed by atoms with van der Waals surface area (Å²) >= 11 is 0. The van der Waals surface area contributed by atoms with Gasteiger partial charge in [-0.05, 0) is 86.5 Å². The van der Waals surface area contributed by atoms with E-state index < -0.39 is 40.2 Å². The third-order valence-electron chi connectivity index (χ3n) is 6.00. The highest BCUT2D eigenvalue weighted by Crippen LogP contribution is 2.20. The summed E-state index contributed by atoms with van der Waals surface area (Å²) < 4.78 is 65.0. The highest BCUT2D eigenvalue weighted by molar-refractivity contribution is 7.92. The van der Waals surface area contributed by atoms with Gasteiger partial charge in [0.1, 0.15) is 23.4 Å². The van der Waals surface area contributed by atoms with Crippen molar-refractivity contribution in [2.45, 2.75) is 37.8 Å². The highest BCUT2D eigenvalue weighted by Gasteiger charge is 2.26. The molecule has 0 saturated carbocycles. The second-order valence-electron chi connectivity index (χ2n) is 9.04. The molecular weight excluding hydrogens is 556 g/mol. The number of hydrogen-bond donors (Lipinski definition) is 2. The Hall–Kier alpha value is -4.03. The van der Waals surface area contributed by atoms with Crippen LogP contribution >= 0.6 is 0 Å². The zero-order valence-electron chi connectivity index (χ0n) is 22.8. The minimum Gasteiger partial charge on any atom is -0.484 e. The van der Waals surface area contributed by atoms with E-state index in [-0.39, 0.29) is 28.8 Å². The van der Waals surface area contributed by atoms with E-state index in [0.717, 1.165) is 12.1 Å². The topological polar surface area (TPSA) is 114 Å². The molecule has 0 aliphatic carbocycles. The van der Waals surface area contributed by atoms with E-state index in [1.54, 1.807) is 6.92 Å². The van der Waals surface area contributed by atoms with Crippen molar-refractivity contribution < 1.29 is 36.3 Å². The number of benzene rings is 3. The molecule has 3 aromatic rings. The molecule has 41 heavy (non-hydrogen) atoms. The predicted octanol–water partition coefficient (Wildman–Crippen LogP) is 4.10. The molecule has 0 fully saturated rings. The summed E-state index contributed by atoms with van der Waals surface area (Å²) in [6.45, 7) is 4.54. The van der Waals surface area contributed by atoms with Gasteiger partial charge in [-0.1, -0.05) is 12.1 Å². The van der Waals surface area contributed by atoms with Crippen LogP contribution in [0.3, 0.4) is 0 Å². The Labute approximate surface area is 238 Å². The Kier molecular flexibility index (Phi) is 11.6. The number of sulfonamides is 1. The molecule has 0 aliphatic heterocycles. The van der Waals surface area contributed by atoms with Crippen LogP contribution in [0.4, 0.5) is 14.5 Å². The van der Waals surface area contributed by atoms with Crippen molar-refractivity contribution in [1.82, 2.24) is 10.2 Å². The Bertz CT molecular complexity index is 1390. The van der Waals surface area contributed by atoms with Crippen molar-refractivity contribution >= 4 is 27.5 Å². The lowest BCUT2D eigenvalue weighted by atomic mass is 10.1. The Morgan fingerprint density at radius 1 is 0.927 bits per heavy atom. The van der Waals surface area contributed by atoms with Crippen molar-refractivity contribution in [2.75, 3.05) is 31.1 Å². The summed E-state index contributed by atoms with van der Waals surface area (Å²) in [6.07, 6.45) is 0.618. The van der Waals surface area contributed by atoms with Gasteiger partial charge in [0.2, 0.25) is 5.91 Å². The highest BCUT2D eigenvalue weighted by atomic mass is 32.2. The first-order chi connectivity index (χ1) is 19.6. The number of ether oxygens (including phenoxy) is 2. The fraction of sp³-hybridized carbons (Fsp3) is 0.310. The molecule has 2 amide bonds. The van der Waals surface area contributed by atoms with Gasteiger partial charge in [0.25, 0.3) is 15.9 Å². The molecule has 0 heterocycles. The molecule has 220 valence electrons. The van der Waals surface area contributed by atoms with Crippen molar-refractivity contribution in [2.24, 2.45) is 0 Å². The van der Waals surface area contributed by atoms with Gasteiger partial charge in [0, 0.05) is 32.0 Å². The van der Waals surface area contributed by atoms with Crippen LogP contribution in [0.25, 0.3) is 0 Å². The minimum atomic E-state index is -3.94. The van der Waals surface area contributed by atoms with Gasteiger partial charge >= 0.3 is 0 Å². The summed E-state index contributed by atoms with van der Waals surface area (Å²) in [5.41, 5.74) is 0.824. The number of carbonyl (C=O) groups excluding carboxylic acids is 2. The van der Waals surface area contributed by atoms with Crippen molar-refractivity contribution in [3.63, 3.8) is 0 Å². The van der Waals surface area contributed by atoms with E-state index in [1.807, 2.05) is 6.92 Å². The van der Waals surface area contributed by atoms with Crippen LogP contribution in [-0.4, -0.2) is 57.5 Å². The Morgan fingerprint density at radius 3 is 2.15 bits per heavy atom. The van der Waals surface area contributed by atoms with Gasteiger partial charge in [0.05, 0.1) is 4.90 Å². The minimum absolute atomic E-state index is 0.0439. The standard InChI is InChI=1S/C29H33F2N3O6S/c1-3-39-18-4-17-32-29(36)21(2)34(19-22-5-7-23(30)8-6-22)28(35)20-40-26-13-15-27(16-14-26)41(37,38)33-25-11-9-24(31)10-12-25/h5-16,21,33H,3-4,17-20H2,1-2H3,(H,32,36)/t21-/m0/s1. The predicted molar refractivity (Wildman–Crippen MR) is 150 cm³/mol. The molecule has 0 unspecified atom stereocenters. The van der Waals surface area contributed by atoms with Gasteiger partial charge in [-0.2, -0.15) is 0 Å². The quantitative estimate of drug-likeness (QED) is 0.258. The van der Waals surface area contributed by atoms with Crippen LogP contribution < -0.4 is 14.8 Å². The zero-order valence-corrected chi connectivity index (χ0v) is 23.6. The van der Waals surface area contributed by atoms with Gasteiger partial charge in [-0.15, -0.1) is 0 Å². The van der Waals surface area contributed by atoms with Crippen LogP contribution in [0.2, 0.25) is 0 Å². The molecule has 12 heteroatoms. The van der Waals surface area contributed by atoms with Gasteiger partial charge < -0.3 is 19.7 Å². The maximum atomic E-state index is 13.4. The molecule has 3 aromatic carbocycles. The van der Waals surface area contributed by atoms with Crippen LogP contribution in [0.15, 0.2) is 77.7 Å². The summed E-state index contributed by atoms with van der Waals surface area (Å²) in [6, 6.07) is 15.0. The lowest BCUT2D eigenvalue weighted by molar-refractivity contribution is -0.142. The molecule has 0 saturated heterocycles. The van der Waals surface area contributed by atoms with E-state index in [0.29, 0.717) is 31.7 Å². The van der Waals surface area contributed by atoms with Crippen LogP contribution in [0.1, 0.15) is 25.8 Å². The molecule has 2 N–H and O–H groups in total. The average molecular weight is 590 g/mol. The number of nitrogens with one attached hydrogen (secondary N) is 2. The second-order valence-corrected chi connectivity index (χ2v) is 10.7. The Balaban J connectivity index is 1.64. The van der Waals surface area contributed by atoms with E-state index in [4.69, 9.17) is 9.47 Å². The largest absolute Gasteiger partial charge is 0.484 e. The molecule has 0 spiro atoms. The smallest absolute Gasteiger partial charge is 0.261 e. The fourth-order valence-electron chi connectivity index (χ4n) is 3.72. The monoisotopic (exact) mass is 589 g/mol. The van der Waals surface area contributed by atoms with E-state index in [1.165, 1.54) is 65.6 Å². The number of nitrogens with zero attached hydrogens (tertiary/aromatic N) is 1. The van der Waals surface area contributed by atoms with Gasteiger partial charge in [-0.3, -0.25) is 14.3 Å². The zero-order chi connectivity index (χ0) is 29.8. The van der Waals surface area contributed by atoms with Crippen molar-refractivity contribution in [3.05, 3.63) is 90.0 Å². The maximum Gasteiger partial charge on any atom is 0.261 e. The number of carbonyl (C=O) groups is 2. The number of rotatable bonds is 15.